The van der Waals surface area contributed by atoms with Crippen molar-refractivity contribution in [1.82, 2.24) is 9.88 Å². The van der Waals surface area contributed by atoms with E-state index < -0.39 is 11.9 Å². The summed E-state index contributed by atoms with van der Waals surface area (Å²) in [5, 5.41) is 0.830. The first-order chi connectivity index (χ1) is 10.5. The zero-order valence-electron chi connectivity index (χ0n) is 12.5. The number of primary amides is 1. The van der Waals surface area contributed by atoms with Crippen molar-refractivity contribution in [2.75, 3.05) is 6.54 Å². The minimum atomic E-state index is -0.486. The molecule has 22 heavy (non-hydrogen) atoms. The summed E-state index contributed by atoms with van der Waals surface area (Å²) < 4.78 is 0. The first-order valence-corrected chi connectivity index (χ1v) is 7.94. The molecule has 0 aliphatic carbocycles. The van der Waals surface area contributed by atoms with Gasteiger partial charge >= 0.3 is 0 Å². The summed E-state index contributed by atoms with van der Waals surface area (Å²) in [6.07, 6.45) is 0.638. The van der Waals surface area contributed by atoms with E-state index in [4.69, 9.17) is 5.73 Å². The zero-order chi connectivity index (χ0) is 15.9. The van der Waals surface area contributed by atoms with Crippen LogP contribution in [0.3, 0.4) is 0 Å². The van der Waals surface area contributed by atoms with Crippen LogP contribution in [0.5, 0.6) is 0 Å². The monoisotopic (exact) mass is 315 g/mol. The van der Waals surface area contributed by atoms with Gasteiger partial charge in [-0.05, 0) is 26.3 Å². The molecule has 5 nitrogen and oxygen atoms in total. The molecule has 1 saturated heterocycles. The van der Waals surface area contributed by atoms with Gasteiger partial charge in [0.2, 0.25) is 5.91 Å². The highest BCUT2D eigenvalue weighted by Gasteiger charge is 2.38. The number of carbonyl (C=O) groups excluding carboxylic acids is 2. The molecule has 3 rings (SSSR count). The number of hydrogen-bond donors (Lipinski definition) is 1. The third-order valence-corrected chi connectivity index (χ3v) is 4.79. The van der Waals surface area contributed by atoms with Gasteiger partial charge in [0.1, 0.15) is 10.9 Å². The smallest absolute Gasteiger partial charge is 0.266 e. The number of hydrogen-bond acceptors (Lipinski definition) is 4. The summed E-state index contributed by atoms with van der Waals surface area (Å²) in [7, 11) is 0. The Labute approximate surface area is 132 Å². The lowest BCUT2D eigenvalue weighted by atomic mass is 10.0. The van der Waals surface area contributed by atoms with Crippen LogP contribution in [0.2, 0.25) is 0 Å². The Morgan fingerprint density at radius 2 is 2.14 bits per heavy atom. The van der Waals surface area contributed by atoms with E-state index in [0.29, 0.717) is 23.5 Å². The van der Waals surface area contributed by atoms with Gasteiger partial charge in [-0.25, -0.2) is 4.98 Å². The number of aryl methyl sites for hydroxylation is 2. The molecule has 1 fully saturated rings. The Morgan fingerprint density at radius 1 is 1.36 bits per heavy atom. The first kappa shape index (κ1) is 14.7. The van der Waals surface area contributed by atoms with E-state index in [9.17, 15) is 9.59 Å². The van der Waals surface area contributed by atoms with Crippen molar-refractivity contribution in [1.29, 1.82) is 0 Å². The Balaban J connectivity index is 1.98. The van der Waals surface area contributed by atoms with Gasteiger partial charge in [0.25, 0.3) is 5.91 Å². The average Bonchev–Trinajstić information content (AvgIpc) is 2.79. The SMILES string of the molecule is Cc1cccc(-c2nc(C)sc2C(=O)N2CCC2C(N)=O)c1. The molecule has 1 aliphatic rings. The van der Waals surface area contributed by atoms with Gasteiger partial charge in [-0.3, -0.25) is 9.59 Å². The molecule has 1 aromatic heterocycles. The maximum atomic E-state index is 12.7. The minimum absolute atomic E-state index is 0.155. The van der Waals surface area contributed by atoms with Crippen LogP contribution in [0.1, 0.15) is 26.7 Å². The standard InChI is InChI=1S/C16H17N3O2S/c1-9-4-3-5-11(8-9)13-14(22-10(2)18-13)16(21)19-7-6-12(19)15(17)20/h3-5,8,12H,6-7H2,1-2H3,(H2,17,20). The minimum Gasteiger partial charge on any atom is -0.368 e. The average molecular weight is 315 g/mol. The normalized spacial score (nSPS) is 17.2. The van der Waals surface area contributed by atoms with Gasteiger partial charge in [0.05, 0.1) is 10.7 Å². The van der Waals surface area contributed by atoms with E-state index in [2.05, 4.69) is 4.98 Å². The molecule has 2 amide bonds. The van der Waals surface area contributed by atoms with Crippen molar-refractivity contribution < 1.29 is 9.59 Å². The van der Waals surface area contributed by atoms with Crippen LogP contribution >= 0.6 is 11.3 Å². The summed E-state index contributed by atoms with van der Waals surface area (Å²) in [5.74, 6) is -0.602. The number of likely N-dealkylation sites (tertiary alicyclic amines) is 1. The fourth-order valence-electron chi connectivity index (χ4n) is 2.62. The van der Waals surface area contributed by atoms with Gasteiger partial charge < -0.3 is 10.6 Å². The van der Waals surface area contributed by atoms with Crippen molar-refractivity contribution in [3.8, 4) is 11.3 Å². The largest absolute Gasteiger partial charge is 0.368 e. The third-order valence-electron chi connectivity index (χ3n) is 3.83. The Kier molecular flexibility index (Phi) is 3.70. The third kappa shape index (κ3) is 2.50. The molecule has 2 heterocycles. The van der Waals surface area contributed by atoms with Crippen molar-refractivity contribution in [3.63, 3.8) is 0 Å². The fourth-order valence-corrected chi connectivity index (χ4v) is 3.51. The highest BCUT2D eigenvalue weighted by atomic mass is 32.1. The highest BCUT2D eigenvalue weighted by Crippen LogP contribution is 2.32. The number of carbonyl (C=O) groups is 2. The summed E-state index contributed by atoms with van der Waals surface area (Å²) in [5.41, 5.74) is 8.05. The van der Waals surface area contributed by atoms with Crippen LogP contribution in [0.15, 0.2) is 24.3 Å². The molecule has 2 N–H and O–H groups in total. The van der Waals surface area contributed by atoms with E-state index in [0.717, 1.165) is 16.1 Å². The Hall–Kier alpha value is -2.21. The zero-order valence-corrected chi connectivity index (χ0v) is 13.3. The van der Waals surface area contributed by atoms with Crippen molar-refractivity contribution >= 4 is 23.2 Å². The molecule has 1 aromatic carbocycles. The van der Waals surface area contributed by atoms with Gasteiger partial charge in [-0.15, -0.1) is 11.3 Å². The predicted octanol–water partition coefficient (Wildman–Crippen LogP) is 2.13. The summed E-state index contributed by atoms with van der Waals surface area (Å²) in [6, 6.07) is 7.42. The number of rotatable bonds is 3. The molecule has 0 radical (unpaired) electrons. The summed E-state index contributed by atoms with van der Waals surface area (Å²) in [6.45, 7) is 4.45. The van der Waals surface area contributed by atoms with Crippen LogP contribution in [0.4, 0.5) is 0 Å². The van der Waals surface area contributed by atoms with Crippen molar-refractivity contribution in [2.24, 2.45) is 5.73 Å². The second kappa shape index (κ2) is 5.53. The number of thiazole rings is 1. The highest BCUT2D eigenvalue weighted by molar-refractivity contribution is 7.14. The lowest BCUT2D eigenvalue weighted by molar-refractivity contribution is -0.125. The number of benzene rings is 1. The first-order valence-electron chi connectivity index (χ1n) is 7.12. The quantitative estimate of drug-likeness (QED) is 0.942. The fraction of sp³-hybridized carbons (Fsp3) is 0.312. The number of amides is 2. The molecule has 1 aliphatic heterocycles. The number of nitrogens with two attached hydrogens (primary N) is 1. The molecular formula is C16H17N3O2S. The maximum absolute atomic E-state index is 12.7. The van der Waals surface area contributed by atoms with Crippen molar-refractivity contribution in [3.05, 3.63) is 39.7 Å². The van der Waals surface area contributed by atoms with Gasteiger partial charge in [0.15, 0.2) is 0 Å². The number of nitrogens with zero attached hydrogens (tertiary/aromatic N) is 2. The molecule has 0 saturated carbocycles. The second-order valence-corrected chi connectivity index (χ2v) is 6.69. The molecule has 1 unspecified atom stereocenters. The van der Waals surface area contributed by atoms with E-state index in [-0.39, 0.29) is 5.91 Å². The van der Waals surface area contributed by atoms with Crippen LogP contribution in [0.25, 0.3) is 11.3 Å². The molecule has 6 heteroatoms. The van der Waals surface area contributed by atoms with Crippen LogP contribution in [0, 0.1) is 13.8 Å². The van der Waals surface area contributed by atoms with Gasteiger partial charge in [0, 0.05) is 12.1 Å². The molecule has 114 valence electrons. The van der Waals surface area contributed by atoms with Gasteiger partial charge in [-0.2, -0.15) is 0 Å². The molecule has 2 aromatic rings. The maximum Gasteiger partial charge on any atom is 0.266 e. The van der Waals surface area contributed by atoms with Crippen LogP contribution in [-0.2, 0) is 4.79 Å². The van der Waals surface area contributed by atoms with Crippen LogP contribution < -0.4 is 5.73 Å². The van der Waals surface area contributed by atoms with Gasteiger partial charge in [-0.1, -0.05) is 23.8 Å². The Bertz CT molecular complexity index is 754. The van der Waals surface area contributed by atoms with Crippen molar-refractivity contribution in [2.45, 2.75) is 26.3 Å². The molecule has 1 atom stereocenters. The van der Waals surface area contributed by atoms with E-state index in [1.807, 2.05) is 38.1 Å². The second-order valence-electron chi connectivity index (χ2n) is 5.49. The topological polar surface area (TPSA) is 76.3 Å². The van der Waals surface area contributed by atoms with E-state index in [1.54, 1.807) is 0 Å². The van der Waals surface area contributed by atoms with E-state index >= 15 is 0 Å². The molecule has 0 spiro atoms. The number of aromatic nitrogens is 1. The molecule has 0 bridgehead atoms. The predicted molar refractivity (Wildman–Crippen MR) is 85.7 cm³/mol. The van der Waals surface area contributed by atoms with E-state index in [1.165, 1.54) is 16.2 Å². The lowest BCUT2D eigenvalue weighted by Gasteiger charge is -2.38. The molecular weight excluding hydrogens is 298 g/mol. The Morgan fingerprint density at radius 3 is 2.73 bits per heavy atom. The summed E-state index contributed by atoms with van der Waals surface area (Å²) >= 11 is 1.36. The summed E-state index contributed by atoms with van der Waals surface area (Å²) in [4.78, 5) is 30.7. The lowest BCUT2D eigenvalue weighted by Crippen LogP contribution is -2.57. The van der Waals surface area contributed by atoms with Crippen LogP contribution in [-0.4, -0.2) is 34.3 Å².